The van der Waals surface area contributed by atoms with Gasteiger partial charge in [-0.25, -0.2) is 0 Å². The topological polar surface area (TPSA) is 27.7 Å². The maximum absolute atomic E-state index is 6.11. The molecule has 0 radical (unpaired) electrons. The van der Waals surface area contributed by atoms with E-state index in [4.69, 9.17) is 14.2 Å². The van der Waals surface area contributed by atoms with Crippen molar-refractivity contribution < 1.29 is 14.2 Å². The van der Waals surface area contributed by atoms with Gasteiger partial charge in [-0.3, -0.25) is 0 Å². The van der Waals surface area contributed by atoms with E-state index >= 15 is 0 Å². The van der Waals surface area contributed by atoms with Crippen LogP contribution in [0.1, 0.15) is 38.5 Å². The third kappa shape index (κ3) is 8.66. The first-order chi connectivity index (χ1) is 10.3. The zero-order valence-corrected chi connectivity index (χ0v) is 17.3. The summed E-state index contributed by atoms with van der Waals surface area (Å²) in [6.07, 6.45) is 6.89. The molecule has 126 valence electrons. The van der Waals surface area contributed by atoms with Crippen molar-refractivity contribution in [3.8, 4) is 0 Å². The van der Waals surface area contributed by atoms with Gasteiger partial charge in [0.25, 0.3) is 0 Å². The van der Waals surface area contributed by atoms with Gasteiger partial charge in [0, 0.05) is 35.8 Å². The van der Waals surface area contributed by atoms with E-state index in [2.05, 4.69) is 47.8 Å². The molecule has 0 bridgehead atoms. The summed E-state index contributed by atoms with van der Waals surface area (Å²) in [5.41, 5.74) is 0. The van der Waals surface area contributed by atoms with Gasteiger partial charge in [-0.05, 0) is 38.5 Å². The van der Waals surface area contributed by atoms with E-state index in [0.717, 1.165) is 74.3 Å². The van der Waals surface area contributed by atoms with Crippen LogP contribution in [0.3, 0.4) is 0 Å². The number of hydrogen-bond donors (Lipinski definition) is 0. The monoisotopic (exact) mass is 492 g/mol. The third-order valence-electron chi connectivity index (χ3n) is 3.52. The molecule has 0 aromatic rings. The first kappa shape index (κ1) is 20.4. The highest BCUT2D eigenvalue weighted by Gasteiger charge is 2.35. The van der Waals surface area contributed by atoms with Crippen LogP contribution in [0.2, 0.25) is 0 Å². The number of rotatable bonds is 12. The van der Waals surface area contributed by atoms with E-state index in [9.17, 15) is 0 Å². The fourth-order valence-corrected chi connectivity index (χ4v) is 3.20. The van der Waals surface area contributed by atoms with Crippen LogP contribution >= 0.6 is 47.8 Å². The normalized spacial score (nSPS) is 26.1. The molecule has 1 aliphatic rings. The number of halogens is 3. The van der Waals surface area contributed by atoms with Crippen molar-refractivity contribution in [2.45, 2.75) is 56.8 Å². The van der Waals surface area contributed by atoms with Gasteiger partial charge in [0.05, 0.1) is 12.2 Å². The highest BCUT2D eigenvalue weighted by atomic mass is 79.9. The van der Waals surface area contributed by atoms with Crippen LogP contribution in [0.4, 0.5) is 0 Å². The van der Waals surface area contributed by atoms with Gasteiger partial charge in [-0.1, -0.05) is 47.8 Å². The summed E-state index contributed by atoms with van der Waals surface area (Å²) < 4.78 is 18.2. The van der Waals surface area contributed by atoms with Crippen LogP contribution in [0.15, 0.2) is 0 Å². The quantitative estimate of drug-likeness (QED) is 0.291. The molecule has 1 saturated carbocycles. The summed E-state index contributed by atoms with van der Waals surface area (Å²) in [7, 11) is 0. The Morgan fingerprint density at radius 3 is 1.52 bits per heavy atom. The molecule has 1 aliphatic carbocycles. The predicted octanol–water partition coefficient (Wildman–Crippen LogP) is 4.68. The van der Waals surface area contributed by atoms with Gasteiger partial charge in [-0.15, -0.1) is 0 Å². The lowest BCUT2D eigenvalue weighted by Gasteiger charge is -2.37. The molecule has 2 atom stereocenters. The minimum Gasteiger partial charge on any atom is -0.375 e. The fourth-order valence-electron chi connectivity index (χ4n) is 2.51. The lowest BCUT2D eigenvalue weighted by molar-refractivity contribution is -0.158. The summed E-state index contributed by atoms with van der Waals surface area (Å²) in [6, 6.07) is 0. The van der Waals surface area contributed by atoms with E-state index in [1.54, 1.807) is 0 Å². The lowest BCUT2D eigenvalue weighted by Crippen LogP contribution is -2.46. The Morgan fingerprint density at radius 2 is 1.10 bits per heavy atom. The minimum atomic E-state index is 0.0865. The van der Waals surface area contributed by atoms with Crippen LogP contribution in [0.5, 0.6) is 0 Å². The molecule has 0 saturated heterocycles. The average molecular weight is 495 g/mol. The zero-order valence-electron chi connectivity index (χ0n) is 12.6. The van der Waals surface area contributed by atoms with Crippen molar-refractivity contribution in [1.82, 2.24) is 0 Å². The molecule has 0 heterocycles. The Labute approximate surface area is 154 Å². The maximum Gasteiger partial charge on any atom is 0.110 e. The Hall–Kier alpha value is 1.32. The Balaban J connectivity index is 2.47. The molecule has 0 aromatic heterocycles. The highest BCUT2D eigenvalue weighted by Crippen LogP contribution is 2.27. The molecule has 0 aromatic carbocycles. The average Bonchev–Trinajstić information content (AvgIpc) is 2.50. The third-order valence-corrected chi connectivity index (χ3v) is 5.20. The van der Waals surface area contributed by atoms with E-state index in [0.29, 0.717) is 0 Å². The van der Waals surface area contributed by atoms with Crippen LogP contribution in [0.25, 0.3) is 0 Å². The van der Waals surface area contributed by atoms with Crippen LogP contribution < -0.4 is 0 Å². The van der Waals surface area contributed by atoms with E-state index in [1.165, 1.54) is 0 Å². The second-order valence-corrected chi connectivity index (χ2v) is 7.59. The number of alkyl halides is 3. The lowest BCUT2D eigenvalue weighted by atomic mass is 9.91. The molecule has 0 N–H and O–H groups in total. The van der Waals surface area contributed by atoms with Crippen molar-refractivity contribution >= 4 is 47.8 Å². The van der Waals surface area contributed by atoms with E-state index in [1.807, 2.05) is 0 Å². The second kappa shape index (κ2) is 13.7. The van der Waals surface area contributed by atoms with Gasteiger partial charge in [0.2, 0.25) is 0 Å². The molecule has 0 aliphatic heterocycles. The van der Waals surface area contributed by atoms with Gasteiger partial charge in [0.15, 0.2) is 0 Å². The molecular formula is C15H27Br3O3. The molecule has 1 rings (SSSR count). The molecule has 1 fully saturated rings. The summed E-state index contributed by atoms with van der Waals surface area (Å²) in [6.45, 7) is 2.36. The Bertz CT molecular complexity index is 226. The zero-order chi connectivity index (χ0) is 15.3. The minimum absolute atomic E-state index is 0.0865. The summed E-state index contributed by atoms with van der Waals surface area (Å²) in [5, 5.41) is 2.95. The highest BCUT2D eigenvalue weighted by molar-refractivity contribution is 9.09. The van der Waals surface area contributed by atoms with Crippen LogP contribution in [0, 0.1) is 0 Å². The fraction of sp³-hybridized carbons (Fsp3) is 1.00. The van der Waals surface area contributed by atoms with Crippen LogP contribution in [-0.2, 0) is 14.2 Å². The molecular weight excluding hydrogens is 468 g/mol. The van der Waals surface area contributed by atoms with Crippen molar-refractivity contribution in [1.29, 1.82) is 0 Å². The summed E-state index contributed by atoms with van der Waals surface area (Å²) in [5.74, 6) is 0. The molecule has 0 spiro atoms. The molecule has 2 unspecified atom stereocenters. The first-order valence-corrected chi connectivity index (χ1v) is 11.2. The molecule has 6 heteroatoms. The van der Waals surface area contributed by atoms with Crippen LogP contribution in [-0.4, -0.2) is 54.1 Å². The molecule has 0 amide bonds. The standard InChI is InChI=1S/C15H27Br3O3/c16-7-2-10-19-13-5-1-6-14(20-11-3-8-17)15(13)21-12-4-9-18/h13-15H,1-12H2. The summed E-state index contributed by atoms with van der Waals surface area (Å²) in [4.78, 5) is 0. The largest absolute Gasteiger partial charge is 0.375 e. The van der Waals surface area contributed by atoms with Crippen molar-refractivity contribution in [3.05, 3.63) is 0 Å². The van der Waals surface area contributed by atoms with E-state index < -0.39 is 0 Å². The van der Waals surface area contributed by atoms with Crippen molar-refractivity contribution in [2.24, 2.45) is 0 Å². The number of ether oxygens (including phenoxy) is 3. The smallest absolute Gasteiger partial charge is 0.110 e. The van der Waals surface area contributed by atoms with Gasteiger partial charge >= 0.3 is 0 Å². The van der Waals surface area contributed by atoms with Gasteiger partial charge in [0.1, 0.15) is 6.10 Å². The van der Waals surface area contributed by atoms with Crippen molar-refractivity contribution in [3.63, 3.8) is 0 Å². The van der Waals surface area contributed by atoms with Gasteiger partial charge < -0.3 is 14.2 Å². The van der Waals surface area contributed by atoms with Crippen molar-refractivity contribution in [2.75, 3.05) is 35.8 Å². The predicted molar refractivity (Wildman–Crippen MR) is 98.3 cm³/mol. The van der Waals surface area contributed by atoms with Gasteiger partial charge in [-0.2, -0.15) is 0 Å². The first-order valence-electron chi connectivity index (χ1n) is 7.86. The second-order valence-electron chi connectivity index (χ2n) is 5.21. The molecule has 3 nitrogen and oxygen atoms in total. The number of hydrogen-bond acceptors (Lipinski definition) is 3. The maximum atomic E-state index is 6.11. The summed E-state index contributed by atoms with van der Waals surface area (Å²) >= 11 is 10.4. The SMILES string of the molecule is BrCCCOC1CCCC(OCCCBr)C1OCCCBr. The molecule has 21 heavy (non-hydrogen) atoms. The Morgan fingerprint density at radius 1 is 0.667 bits per heavy atom. The van der Waals surface area contributed by atoms with E-state index in [-0.39, 0.29) is 18.3 Å². The Kier molecular flexibility index (Phi) is 13.3.